The minimum atomic E-state index is -0.120. The van der Waals surface area contributed by atoms with Gasteiger partial charge in [0.2, 0.25) is 5.91 Å². The van der Waals surface area contributed by atoms with Crippen LogP contribution in [0.25, 0.3) is 0 Å². The molecule has 2 saturated heterocycles. The summed E-state index contributed by atoms with van der Waals surface area (Å²) in [4.78, 5) is 20.5. The number of rotatable bonds is 3. The molecule has 0 saturated carbocycles. The molecule has 3 heterocycles. The van der Waals surface area contributed by atoms with Crippen LogP contribution in [-0.4, -0.2) is 58.5 Å². The van der Waals surface area contributed by atoms with Crippen molar-refractivity contribution in [2.75, 3.05) is 38.5 Å². The summed E-state index contributed by atoms with van der Waals surface area (Å²) < 4.78 is 2.10. The Labute approximate surface area is 130 Å². The average Bonchev–Trinajstić information content (AvgIpc) is 3.16. The van der Waals surface area contributed by atoms with E-state index in [1.807, 2.05) is 6.20 Å². The van der Waals surface area contributed by atoms with Gasteiger partial charge in [-0.2, -0.15) is 5.26 Å². The van der Waals surface area contributed by atoms with Crippen LogP contribution < -0.4 is 5.32 Å². The van der Waals surface area contributed by atoms with Crippen LogP contribution >= 0.6 is 0 Å². The van der Waals surface area contributed by atoms with Crippen molar-refractivity contribution < 1.29 is 4.79 Å². The molecule has 118 valence electrons. The van der Waals surface area contributed by atoms with Gasteiger partial charge in [-0.15, -0.1) is 0 Å². The van der Waals surface area contributed by atoms with E-state index < -0.39 is 0 Å². The molecule has 1 aromatic heterocycles. The number of carbonyl (C=O) groups is 1. The first-order valence-corrected chi connectivity index (χ1v) is 7.83. The van der Waals surface area contributed by atoms with Crippen LogP contribution in [0, 0.1) is 17.4 Å². The molecule has 1 N–H and O–H groups in total. The van der Waals surface area contributed by atoms with E-state index in [0.29, 0.717) is 24.9 Å². The molecule has 2 aliphatic heterocycles. The molecule has 22 heavy (non-hydrogen) atoms. The van der Waals surface area contributed by atoms with Crippen LogP contribution in [0.2, 0.25) is 0 Å². The van der Waals surface area contributed by atoms with Gasteiger partial charge in [0.15, 0.2) is 12.0 Å². The van der Waals surface area contributed by atoms with Gasteiger partial charge in [0.05, 0.1) is 12.2 Å². The maximum atomic E-state index is 12.2. The van der Waals surface area contributed by atoms with E-state index in [0.717, 1.165) is 25.9 Å². The van der Waals surface area contributed by atoms with E-state index in [1.54, 1.807) is 11.2 Å². The SMILES string of the molecule is CN1CCCC(n2cnc(NC(=O)[C@H]3CCN(C#N)C3)c2)C1. The number of anilines is 1. The fraction of sp³-hybridized carbons (Fsp3) is 0.667. The van der Waals surface area contributed by atoms with Crippen LogP contribution in [0.3, 0.4) is 0 Å². The third kappa shape index (κ3) is 3.22. The van der Waals surface area contributed by atoms with Gasteiger partial charge in [-0.05, 0) is 32.9 Å². The van der Waals surface area contributed by atoms with E-state index in [9.17, 15) is 4.79 Å². The summed E-state index contributed by atoms with van der Waals surface area (Å²) in [6.45, 7) is 3.34. The Kier molecular flexibility index (Phi) is 4.29. The number of nitrogens with zero attached hydrogens (tertiary/aromatic N) is 5. The molecule has 2 fully saturated rings. The number of aromatic nitrogens is 2. The highest BCUT2D eigenvalue weighted by Gasteiger charge is 2.28. The van der Waals surface area contributed by atoms with Crippen molar-refractivity contribution in [3.05, 3.63) is 12.5 Å². The van der Waals surface area contributed by atoms with Gasteiger partial charge in [0, 0.05) is 31.9 Å². The number of hydrogen-bond donors (Lipinski definition) is 1. The standard InChI is InChI=1S/C15H22N6O/c1-19-5-2-3-13(8-19)21-9-14(17-11-21)18-15(22)12-4-6-20(7-12)10-16/h9,11-13H,2-8H2,1H3,(H,18,22)/t12-,13?/m0/s1. The lowest BCUT2D eigenvalue weighted by Crippen LogP contribution is -2.33. The first-order chi connectivity index (χ1) is 10.7. The number of piperidine rings is 1. The summed E-state index contributed by atoms with van der Waals surface area (Å²) in [6.07, 6.45) is 8.87. The fourth-order valence-corrected chi connectivity index (χ4v) is 3.28. The molecule has 0 radical (unpaired) electrons. The van der Waals surface area contributed by atoms with Gasteiger partial charge in [0.25, 0.3) is 0 Å². The van der Waals surface area contributed by atoms with E-state index in [4.69, 9.17) is 5.26 Å². The van der Waals surface area contributed by atoms with Gasteiger partial charge in [-0.1, -0.05) is 0 Å². The van der Waals surface area contributed by atoms with Crippen molar-refractivity contribution in [2.24, 2.45) is 5.92 Å². The smallest absolute Gasteiger partial charge is 0.230 e. The lowest BCUT2D eigenvalue weighted by Gasteiger charge is -2.30. The minimum absolute atomic E-state index is 0.0382. The van der Waals surface area contributed by atoms with E-state index >= 15 is 0 Å². The number of imidazole rings is 1. The molecule has 7 nitrogen and oxygen atoms in total. The van der Waals surface area contributed by atoms with Gasteiger partial charge < -0.3 is 19.7 Å². The first-order valence-electron chi connectivity index (χ1n) is 7.83. The van der Waals surface area contributed by atoms with Crippen molar-refractivity contribution in [3.8, 4) is 6.19 Å². The van der Waals surface area contributed by atoms with Crippen molar-refractivity contribution in [3.63, 3.8) is 0 Å². The summed E-state index contributed by atoms with van der Waals surface area (Å²) in [6, 6.07) is 0.428. The molecule has 0 aromatic carbocycles. The third-order valence-electron chi connectivity index (χ3n) is 4.57. The highest BCUT2D eigenvalue weighted by molar-refractivity contribution is 5.91. The predicted molar refractivity (Wildman–Crippen MR) is 81.9 cm³/mol. The number of nitrogens with one attached hydrogen (secondary N) is 1. The zero-order chi connectivity index (χ0) is 15.5. The number of hydrogen-bond acceptors (Lipinski definition) is 5. The van der Waals surface area contributed by atoms with Crippen molar-refractivity contribution in [1.29, 1.82) is 5.26 Å². The Morgan fingerprint density at radius 1 is 1.41 bits per heavy atom. The van der Waals surface area contributed by atoms with Crippen LogP contribution in [0.5, 0.6) is 0 Å². The van der Waals surface area contributed by atoms with Crippen LogP contribution in [-0.2, 0) is 4.79 Å². The maximum Gasteiger partial charge on any atom is 0.230 e. The molecule has 7 heteroatoms. The Bertz CT molecular complexity index is 577. The second-order valence-corrected chi connectivity index (χ2v) is 6.29. The Balaban J connectivity index is 1.57. The molecular weight excluding hydrogens is 280 g/mol. The number of amides is 1. The van der Waals surface area contributed by atoms with Gasteiger partial charge in [0.1, 0.15) is 0 Å². The second kappa shape index (κ2) is 6.36. The summed E-state index contributed by atoms with van der Waals surface area (Å²) in [5.41, 5.74) is 0. The molecule has 3 rings (SSSR count). The number of likely N-dealkylation sites (N-methyl/N-ethyl adjacent to an activating group) is 1. The van der Waals surface area contributed by atoms with Crippen LogP contribution in [0.1, 0.15) is 25.3 Å². The van der Waals surface area contributed by atoms with Gasteiger partial charge >= 0.3 is 0 Å². The Hall–Kier alpha value is -2.07. The van der Waals surface area contributed by atoms with E-state index in [1.165, 1.54) is 6.42 Å². The summed E-state index contributed by atoms with van der Waals surface area (Å²) in [5.74, 6) is 0.447. The third-order valence-corrected chi connectivity index (χ3v) is 4.57. The van der Waals surface area contributed by atoms with Crippen LogP contribution in [0.4, 0.5) is 5.82 Å². The monoisotopic (exact) mass is 302 g/mol. The molecular formula is C15H22N6O. The number of carbonyl (C=O) groups excluding carboxylic acids is 1. The lowest BCUT2D eigenvalue weighted by molar-refractivity contribution is -0.119. The molecule has 1 amide bonds. The highest BCUT2D eigenvalue weighted by atomic mass is 16.2. The Morgan fingerprint density at radius 3 is 3.00 bits per heavy atom. The second-order valence-electron chi connectivity index (χ2n) is 6.29. The molecule has 0 aliphatic carbocycles. The normalized spacial score (nSPS) is 25.9. The highest BCUT2D eigenvalue weighted by Crippen LogP contribution is 2.22. The zero-order valence-electron chi connectivity index (χ0n) is 12.9. The molecule has 1 unspecified atom stereocenters. The fourth-order valence-electron chi connectivity index (χ4n) is 3.28. The summed E-state index contributed by atoms with van der Waals surface area (Å²) in [7, 11) is 2.13. The number of nitriles is 1. The topological polar surface area (TPSA) is 77.2 Å². The molecule has 2 aliphatic rings. The predicted octanol–water partition coefficient (Wildman–Crippen LogP) is 0.891. The zero-order valence-corrected chi connectivity index (χ0v) is 12.9. The summed E-state index contributed by atoms with van der Waals surface area (Å²) >= 11 is 0. The Morgan fingerprint density at radius 2 is 2.27 bits per heavy atom. The van der Waals surface area contributed by atoms with Gasteiger partial charge in [-0.3, -0.25) is 4.79 Å². The van der Waals surface area contributed by atoms with Crippen molar-refractivity contribution >= 4 is 11.7 Å². The molecule has 2 atom stereocenters. The van der Waals surface area contributed by atoms with E-state index in [-0.39, 0.29) is 11.8 Å². The minimum Gasteiger partial charge on any atom is -0.331 e. The van der Waals surface area contributed by atoms with Crippen molar-refractivity contribution in [2.45, 2.75) is 25.3 Å². The van der Waals surface area contributed by atoms with E-state index in [2.05, 4.69) is 33.0 Å². The van der Waals surface area contributed by atoms with Crippen molar-refractivity contribution in [1.82, 2.24) is 19.4 Å². The first kappa shape index (κ1) is 14.9. The largest absolute Gasteiger partial charge is 0.331 e. The molecule has 0 bridgehead atoms. The lowest BCUT2D eigenvalue weighted by atomic mass is 10.1. The quantitative estimate of drug-likeness (QED) is 0.839. The maximum absolute atomic E-state index is 12.2. The average molecular weight is 302 g/mol. The molecule has 1 aromatic rings. The summed E-state index contributed by atoms with van der Waals surface area (Å²) in [5, 5.41) is 11.7. The van der Waals surface area contributed by atoms with Crippen LogP contribution in [0.15, 0.2) is 12.5 Å². The number of likely N-dealkylation sites (tertiary alicyclic amines) is 2. The van der Waals surface area contributed by atoms with Gasteiger partial charge in [-0.25, -0.2) is 4.98 Å². The molecule has 0 spiro atoms.